The molecular formula is C12H10F3NO2S. The average molecular weight is 289 g/mol. The lowest BCUT2D eigenvalue weighted by molar-refractivity contribution is -0.139. The minimum absolute atomic E-state index is 0.00782. The van der Waals surface area contributed by atoms with Crippen LogP contribution in [0.4, 0.5) is 13.2 Å². The zero-order chi connectivity index (χ0) is 14.0. The van der Waals surface area contributed by atoms with Gasteiger partial charge in [0.15, 0.2) is 0 Å². The van der Waals surface area contributed by atoms with E-state index in [0.717, 1.165) is 17.8 Å². The molecule has 2 rings (SSSR count). The number of alkyl halides is 3. The first kappa shape index (κ1) is 14.0. The van der Waals surface area contributed by atoms with Gasteiger partial charge in [-0.3, -0.25) is 0 Å². The van der Waals surface area contributed by atoms with E-state index in [2.05, 4.69) is 4.98 Å². The SMILES string of the molecule is Cc1coc(Sc2ccc(CO)cc2C(F)(F)F)n1. The van der Waals surface area contributed by atoms with Crippen LogP contribution >= 0.6 is 11.8 Å². The second-order valence-corrected chi connectivity index (χ2v) is 4.84. The molecule has 0 aliphatic rings. The van der Waals surface area contributed by atoms with E-state index in [1.165, 1.54) is 18.4 Å². The van der Waals surface area contributed by atoms with E-state index in [-0.39, 0.29) is 15.7 Å². The zero-order valence-electron chi connectivity index (χ0n) is 9.86. The van der Waals surface area contributed by atoms with E-state index in [4.69, 9.17) is 9.52 Å². The van der Waals surface area contributed by atoms with E-state index in [0.29, 0.717) is 5.69 Å². The van der Waals surface area contributed by atoms with E-state index in [1.54, 1.807) is 6.92 Å². The molecular weight excluding hydrogens is 279 g/mol. The summed E-state index contributed by atoms with van der Waals surface area (Å²) in [5.41, 5.74) is 0.00296. The van der Waals surface area contributed by atoms with Crippen molar-refractivity contribution in [1.82, 2.24) is 4.98 Å². The first-order valence-electron chi connectivity index (χ1n) is 5.31. The van der Waals surface area contributed by atoms with Crippen LogP contribution in [0.25, 0.3) is 0 Å². The summed E-state index contributed by atoms with van der Waals surface area (Å²) in [6, 6.07) is 3.67. The number of oxazole rings is 1. The molecule has 0 saturated heterocycles. The number of aryl methyl sites for hydroxylation is 1. The van der Waals surface area contributed by atoms with Gasteiger partial charge in [0.2, 0.25) is 0 Å². The van der Waals surface area contributed by atoms with Gasteiger partial charge in [0.05, 0.1) is 17.9 Å². The van der Waals surface area contributed by atoms with Crippen molar-refractivity contribution in [3.8, 4) is 0 Å². The molecule has 0 fully saturated rings. The van der Waals surface area contributed by atoms with Crippen LogP contribution in [0.2, 0.25) is 0 Å². The molecule has 0 unspecified atom stereocenters. The van der Waals surface area contributed by atoms with Crippen molar-refractivity contribution in [3.05, 3.63) is 41.3 Å². The second-order valence-electron chi connectivity index (χ2n) is 3.84. The lowest BCUT2D eigenvalue weighted by Gasteiger charge is -2.12. The first-order chi connectivity index (χ1) is 8.90. The molecule has 3 nitrogen and oxygen atoms in total. The molecule has 0 amide bonds. The van der Waals surface area contributed by atoms with Crippen molar-refractivity contribution in [1.29, 1.82) is 0 Å². The van der Waals surface area contributed by atoms with Crippen LogP contribution in [0.15, 0.2) is 39.0 Å². The number of aromatic nitrogens is 1. The monoisotopic (exact) mass is 289 g/mol. The minimum atomic E-state index is -4.49. The molecule has 7 heteroatoms. The zero-order valence-corrected chi connectivity index (χ0v) is 10.7. The number of rotatable bonds is 3. The van der Waals surface area contributed by atoms with Crippen molar-refractivity contribution in [2.75, 3.05) is 0 Å². The Hall–Kier alpha value is -1.47. The molecule has 102 valence electrons. The van der Waals surface area contributed by atoms with Gasteiger partial charge in [0.1, 0.15) is 6.26 Å². The molecule has 0 radical (unpaired) electrons. The molecule has 0 atom stereocenters. The summed E-state index contributed by atoms with van der Waals surface area (Å²) in [4.78, 5) is 3.94. The fourth-order valence-corrected chi connectivity index (χ4v) is 2.35. The van der Waals surface area contributed by atoms with Crippen molar-refractivity contribution in [2.45, 2.75) is 29.8 Å². The molecule has 0 aliphatic carbocycles. The van der Waals surface area contributed by atoms with Crippen LogP contribution in [0.3, 0.4) is 0 Å². The summed E-state index contributed by atoms with van der Waals surface area (Å²) in [6.07, 6.45) is -3.12. The van der Waals surface area contributed by atoms with Gasteiger partial charge in [0, 0.05) is 4.90 Å². The van der Waals surface area contributed by atoms with Crippen molar-refractivity contribution in [2.24, 2.45) is 0 Å². The quantitative estimate of drug-likeness (QED) is 0.937. The van der Waals surface area contributed by atoms with E-state index >= 15 is 0 Å². The molecule has 19 heavy (non-hydrogen) atoms. The summed E-state index contributed by atoms with van der Waals surface area (Å²) < 4.78 is 43.8. The summed E-state index contributed by atoms with van der Waals surface area (Å²) in [7, 11) is 0. The Morgan fingerprint density at radius 2 is 2.11 bits per heavy atom. The minimum Gasteiger partial charge on any atom is -0.439 e. The summed E-state index contributed by atoms with van der Waals surface area (Å²) in [5, 5.41) is 9.06. The third kappa shape index (κ3) is 3.30. The Labute approximate surface area is 111 Å². The van der Waals surface area contributed by atoms with Gasteiger partial charge >= 0.3 is 6.18 Å². The molecule has 0 bridgehead atoms. The lowest BCUT2D eigenvalue weighted by Crippen LogP contribution is -2.07. The largest absolute Gasteiger partial charge is 0.439 e. The molecule has 0 saturated carbocycles. The Kier molecular flexibility index (Phi) is 3.86. The first-order valence-corrected chi connectivity index (χ1v) is 6.13. The van der Waals surface area contributed by atoms with Gasteiger partial charge in [-0.15, -0.1) is 0 Å². The van der Waals surface area contributed by atoms with Crippen LogP contribution in [0, 0.1) is 6.92 Å². The van der Waals surface area contributed by atoms with Gasteiger partial charge in [-0.2, -0.15) is 13.2 Å². The highest BCUT2D eigenvalue weighted by Crippen LogP contribution is 2.39. The maximum atomic E-state index is 12.9. The topological polar surface area (TPSA) is 46.3 Å². The van der Waals surface area contributed by atoms with Crippen LogP contribution in [-0.4, -0.2) is 10.1 Å². The summed E-state index contributed by atoms with van der Waals surface area (Å²) in [6.45, 7) is 1.25. The lowest BCUT2D eigenvalue weighted by atomic mass is 10.1. The number of aliphatic hydroxyl groups excluding tert-OH is 1. The average Bonchev–Trinajstić information content (AvgIpc) is 2.74. The third-order valence-electron chi connectivity index (χ3n) is 2.33. The van der Waals surface area contributed by atoms with Crippen LogP contribution in [0.5, 0.6) is 0 Å². The highest BCUT2D eigenvalue weighted by Gasteiger charge is 2.34. The van der Waals surface area contributed by atoms with Gasteiger partial charge in [-0.25, -0.2) is 4.98 Å². The highest BCUT2D eigenvalue weighted by molar-refractivity contribution is 7.99. The smallest absolute Gasteiger partial charge is 0.417 e. The maximum absolute atomic E-state index is 12.9. The van der Waals surface area contributed by atoms with E-state index < -0.39 is 18.3 Å². The van der Waals surface area contributed by atoms with Crippen molar-refractivity contribution >= 4 is 11.8 Å². The maximum Gasteiger partial charge on any atom is 0.417 e. The van der Waals surface area contributed by atoms with Crippen LogP contribution in [-0.2, 0) is 12.8 Å². The molecule has 1 heterocycles. The fraction of sp³-hybridized carbons (Fsp3) is 0.250. The molecule has 1 aromatic heterocycles. The Morgan fingerprint density at radius 3 is 2.63 bits per heavy atom. The Morgan fingerprint density at radius 1 is 1.37 bits per heavy atom. The number of halogens is 3. The summed E-state index contributed by atoms with van der Waals surface area (Å²) in [5.74, 6) is 0. The predicted molar refractivity (Wildman–Crippen MR) is 62.7 cm³/mol. The van der Waals surface area contributed by atoms with E-state index in [1.807, 2.05) is 0 Å². The summed E-state index contributed by atoms with van der Waals surface area (Å²) >= 11 is 0.802. The highest BCUT2D eigenvalue weighted by atomic mass is 32.2. The van der Waals surface area contributed by atoms with Crippen molar-refractivity contribution in [3.63, 3.8) is 0 Å². The number of nitrogens with zero attached hydrogens (tertiary/aromatic N) is 1. The van der Waals surface area contributed by atoms with Gasteiger partial charge in [-0.1, -0.05) is 6.07 Å². The number of hydrogen-bond donors (Lipinski definition) is 1. The normalized spacial score (nSPS) is 11.8. The number of benzene rings is 1. The Balaban J connectivity index is 2.39. The van der Waals surface area contributed by atoms with Crippen LogP contribution in [0.1, 0.15) is 16.8 Å². The van der Waals surface area contributed by atoms with Crippen LogP contribution < -0.4 is 0 Å². The number of aliphatic hydroxyl groups is 1. The van der Waals surface area contributed by atoms with Gasteiger partial charge < -0.3 is 9.52 Å². The predicted octanol–water partition coefficient (Wildman–Crippen LogP) is 3.65. The third-order valence-corrected chi connectivity index (χ3v) is 3.27. The molecule has 2 aromatic rings. The second kappa shape index (κ2) is 5.26. The molecule has 1 aromatic carbocycles. The molecule has 0 spiro atoms. The van der Waals surface area contributed by atoms with Gasteiger partial charge in [-0.05, 0) is 36.4 Å². The van der Waals surface area contributed by atoms with Crippen molar-refractivity contribution < 1.29 is 22.7 Å². The molecule has 1 N–H and O–H groups in total. The fourth-order valence-electron chi connectivity index (χ4n) is 1.46. The molecule has 0 aliphatic heterocycles. The van der Waals surface area contributed by atoms with E-state index in [9.17, 15) is 13.2 Å². The number of hydrogen-bond acceptors (Lipinski definition) is 4. The standard InChI is InChI=1S/C12H10F3NO2S/c1-7-6-18-11(16-7)19-10-3-2-8(5-17)4-9(10)12(13,14)15/h2-4,6,17H,5H2,1H3. The van der Waals surface area contributed by atoms with Gasteiger partial charge in [0.25, 0.3) is 5.22 Å². The Bertz CT molecular complexity index is 581.